The van der Waals surface area contributed by atoms with Crippen molar-refractivity contribution in [3.63, 3.8) is 0 Å². The van der Waals surface area contributed by atoms with E-state index in [4.69, 9.17) is 9.77 Å². The summed E-state index contributed by atoms with van der Waals surface area (Å²) in [5, 5.41) is 25.2. The van der Waals surface area contributed by atoms with Gasteiger partial charge in [0.15, 0.2) is 11.5 Å². The van der Waals surface area contributed by atoms with Crippen molar-refractivity contribution < 1.29 is 22.6 Å². The highest BCUT2D eigenvalue weighted by molar-refractivity contribution is 9.10. The second-order valence-corrected chi connectivity index (χ2v) is 9.14. The molecule has 11 nitrogen and oxygen atoms in total. The molecule has 14 heteroatoms. The number of anilines is 1. The van der Waals surface area contributed by atoms with E-state index in [0.29, 0.717) is 44.1 Å². The van der Waals surface area contributed by atoms with Crippen LogP contribution in [0.4, 0.5) is 15.9 Å². The topological polar surface area (TPSA) is 159 Å². The minimum atomic E-state index is -3.63. The maximum absolute atomic E-state index is 13.4. The lowest BCUT2D eigenvalue weighted by atomic mass is 9.95. The van der Waals surface area contributed by atoms with E-state index in [2.05, 4.69) is 36.6 Å². The fourth-order valence-corrected chi connectivity index (χ4v) is 4.21. The summed E-state index contributed by atoms with van der Waals surface area (Å²) in [5.74, 6) is 0.143. The first-order valence-electron chi connectivity index (χ1n) is 9.06. The predicted molar refractivity (Wildman–Crippen MR) is 110 cm³/mol. The van der Waals surface area contributed by atoms with Gasteiger partial charge in [-0.15, -0.1) is 0 Å². The fourth-order valence-electron chi connectivity index (χ4n) is 3.12. The molecule has 5 N–H and O–H groups in total. The molecule has 0 amide bonds. The number of hydrogen-bond donors (Lipinski definition) is 4. The van der Waals surface area contributed by atoms with E-state index in [0.717, 1.165) is 6.42 Å². The number of hydroxylamine groups is 1. The van der Waals surface area contributed by atoms with Crippen molar-refractivity contribution in [1.82, 2.24) is 20.1 Å². The van der Waals surface area contributed by atoms with E-state index < -0.39 is 16.0 Å². The van der Waals surface area contributed by atoms with Gasteiger partial charge in [-0.25, -0.2) is 19.2 Å². The number of hydrogen-bond acceptors (Lipinski definition) is 8. The molecule has 1 aromatic heterocycles. The average molecular weight is 506 g/mol. The molecular weight excluding hydrogens is 485 g/mol. The van der Waals surface area contributed by atoms with E-state index >= 15 is 0 Å². The number of aliphatic imine (C=N–C) groups is 1. The lowest BCUT2D eigenvalue weighted by molar-refractivity contribution is 0.234. The van der Waals surface area contributed by atoms with Gasteiger partial charge in [0.25, 0.3) is 10.2 Å². The molecule has 0 radical (unpaired) electrons. The molecule has 164 valence electrons. The molecule has 1 aromatic carbocycles. The van der Waals surface area contributed by atoms with E-state index in [9.17, 15) is 18.0 Å². The number of piperidine rings is 1. The van der Waals surface area contributed by atoms with Gasteiger partial charge in [0, 0.05) is 19.6 Å². The van der Waals surface area contributed by atoms with Gasteiger partial charge in [-0.1, -0.05) is 0 Å². The molecule has 2 heterocycles. The van der Waals surface area contributed by atoms with Crippen LogP contribution in [0.3, 0.4) is 0 Å². The van der Waals surface area contributed by atoms with Crippen molar-refractivity contribution in [3.8, 4) is 0 Å². The number of halogens is 2. The Morgan fingerprint density at radius 2 is 2.13 bits per heavy atom. The van der Waals surface area contributed by atoms with Crippen molar-refractivity contribution in [2.24, 2.45) is 16.0 Å². The largest absolute Gasteiger partial charge is 0.365 e. The zero-order valence-electron chi connectivity index (χ0n) is 15.8. The van der Waals surface area contributed by atoms with Crippen LogP contribution in [-0.4, -0.2) is 53.7 Å². The highest BCUT2D eigenvalue weighted by Gasteiger charge is 2.25. The van der Waals surface area contributed by atoms with Crippen LogP contribution in [0.1, 0.15) is 25.0 Å². The minimum Gasteiger partial charge on any atom is -0.365 e. The summed E-state index contributed by atoms with van der Waals surface area (Å²) in [7, 11) is -3.63. The van der Waals surface area contributed by atoms with Gasteiger partial charge < -0.3 is 5.32 Å². The van der Waals surface area contributed by atoms with E-state index in [1.807, 2.05) is 5.48 Å². The van der Waals surface area contributed by atoms with Gasteiger partial charge in [0.2, 0.25) is 5.82 Å². The molecule has 0 saturated carbocycles. The second kappa shape index (κ2) is 9.78. The number of amidine groups is 1. The smallest absolute Gasteiger partial charge is 0.276 e. The molecule has 0 spiro atoms. The van der Waals surface area contributed by atoms with Gasteiger partial charge in [-0.3, -0.25) is 10.7 Å². The van der Waals surface area contributed by atoms with Gasteiger partial charge in [0.05, 0.1) is 10.2 Å². The maximum Gasteiger partial charge on any atom is 0.276 e. The Morgan fingerprint density at radius 3 is 2.77 bits per heavy atom. The standard InChI is InChI=1S/C16H21BrFN7O4S/c17-12-9-11(1-2-13(12)18)21-16(22-26)14-15(24-29-23-14)20-6-3-10-4-7-25(8-5-10)30(19,27)28/h1-2,9-10,26H,3-8H2,(H,20,24)(H,21,22)(H2,19,27,28). The van der Waals surface area contributed by atoms with Crippen LogP contribution in [-0.2, 0) is 10.2 Å². The molecule has 1 saturated heterocycles. The lowest BCUT2D eigenvalue weighted by Gasteiger charge is -2.29. The van der Waals surface area contributed by atoms with E-state index in [1.165, 1.54) is 22.5 Å². The van der Waals surface area contributed by atoms with Crippen molar-refractivity contribution in [3.05, 3.63) is 34.2 Å². The first-order valence-corrected chi connectivity index (χ1v) is 11.4. The molecular formula is C16H21BrFN7O4S. The summed E-state index contributed by atoms with van der Waals surface area (Å²) >= 11 is 3.08. The molecule has 2 aromatic rings. The van der Waals surface area contributed by atoms with Crippen LogP contribution in [0.15, 0.2) is 32.3 Å². The molecule has 30 heavy (non-hydrogen) atoms. The minimum absolute atomic E-state index is 0.0290. The third kappa shape index (κ3) is 5.72. The highest BCUT2D eigenvalue weighted by atomic mass is 79.9. The Balaban J connectivity index is 1.59. The molecule has 0 atom stereocenters. The Hall–Kier alpha value is -2.13. The first kappa shape index (κ1) is 22.6. The van der Waals surface area contributed by atoms with Crippen LogP contribution in [0.25, 0.3) is 0 Å². The quantitative estimate of drug-likeness (QED) is 0.251. The van der Waals surface area contributed by atoms with Gasteiger partial charge >= 0.3 is 0 Å². The zero-order valence-corrected chi connectivity index (χ0v) is 18.2. The maximum atomic E-state index is 13.4. The average Bonchev–Trinajstić information content (AvgIpc) is 3.17. The van der Waals surface area contributed by atoms with Crippen molar-refractivity contribution in [1.29, 1.82) is 0 Å². The summed E-state index contributed by atoms with van der Waals surface area (Å²) in [6.45, 7) is 1.33. The second-order valence-electron chi connectivity index (χ2n) is 6.73. The number of aromatic nitrogens is 2. The normalized spacial score (nSPS) is 16.6. The molecule has 0 aliphatic carbocycles. The summed E-state index contributed by atoms with van der Waals surface area (Å²) < 4.78 is 42.4. The first-order chi connectivity index (χ1) is 14.3. The summed E-state index contributed by atoms with van der Waals surface area (Å²) in [6.07, 6.45) is 2.20. The molecule has 3 rings (SSSR count). The Labute approximate surface area is 180 Å². The van der Waals surface area contributed by atoms with Crippen molar-refractivity contribution in [2.45, 2.75) is 19.3 Å². The third-order valence-corrected chi connectivity index (χ3v) is 6.43. The Morgan fingerprint density at radius 1 is 1.40 bits per heavy atom. The summed E-state index contributed by atoms with van der Waals surface area (Å²) in [5.41, 5.74) is 2.48. The molecule has 1 aliphatic heterocycles. The predicted octanol–water partition coefficient (Wildman–Crippen LogP) is 1.75. The van der Waals surface area contributed by atoms with E-state index in [-0.39, 0.29) is 21.8 Å². The zero-order chi connectivity index (χ0) is 21.7. The Bertz CT molecular complexity index is 1010. The molecule has 0 bridgehead atoms. The van der Waals surface area contributed by atoms with Crippen LogP contribution < -0.4 is 15.9 Å². The molecule has 1 aliphatic rings. The van der Waals surface area contributed by atoms with Crippen LogP contribution >= 0.6 is 15.9 Å². The SMILES string of the molecule is NS(=O)(=O)N1CCC(CCNc2nonc2C(=Nc2ccc(F)c(Br)c2)NO)CC1. The summed E-state index contributed by atoms with van der Waals surface area (Å²) in [6, 6.07) is 4.12. The van der Waals surface area contributed by atoms with Crippen molar-refractivity contribution in [2.75, 3.05) is 25.0 Å². The lowest BCUT2D eigenvalue weighted by Crippen LogP contribution is -2.42. The third-order valence-electron chi connectivity index (χ3n) is 4.74. The van der Waals surface area contributed by atoms with Crippen LogP contribution in [0.5, 0.6) is 0 Å². The summed E-state index contributed by atoms with van der Waals surface area (Å²) in [4.78, 5) is 4.19. The van der Waals surface area contributed by atoms with Gasteiger partial charge in [-0.05, 0) is 69.6 Å². The Kier molecular flexibility index (Phi) is 7.36. The number of benzene rings is 1. The highest BCUT2D eigenvalue weighted by Crippen LogP contribution is 2.24. The number of nitrogens with two attached hydrogens (primary N) is 1. The van der Waals surface area contributed by atoms with Gasteiger partial charge in [-0.2, -0.15) is 12.7 Å². The van der Waals surface area contributed by atoms with Crippen LogP contribution in [0, 0.1) is 11.7 Å². The van der Waals surface area contributed by atoms with Crippen molar-refractivity contribution >= 4 is 43.5 Å². The van der Waals surface area contributed by atoms with E-state index in [1.54, 1.807) is 0 Å². The fraction of sp³-hybridized carbons (Fsp3) is 0.438. The molecule has 1 fully saturated rings. The number of nitrogens with zero attached hydrogens (tertiary/aromatic N) is 4. The monoisotopic (exact) mass is 505 g/mol. The number of rotatable bonds is 7. The molecule has 0 unspecified atom stereocenters. The van der Waals surface area contributed by atoms with Gasteiger partial charge in [0.1, 0.15) is 5.82 Å². The number of nitrogens with one attached hydrogen (secondary N) is 2. The van der Waals surface area contributed by atoms with Crippen LogP contribution in [0.2, 0.25) is 0 Å².